The molecule has 0 bridgehead atoms. The van der Waals surface area contributed by atoms with E-state index >= 15 is 0 Å². The van der Waals surface area contributed by atoms with Crippen LogP contribution in [-0.4, -0.2) is 48.2 Å². The Morgan fingerprint density at radius 1 is 1.12 bits per heavy atom. The molecule has 2 heterocycles. The number of primary amides is 1. The highest BCUT2D eigenvalue weighted by Gasteiger charge is 2.19. The van der Waals surface area contributed by atoms with Crippen molar-refractivity contribution in [3.63, 3.8) is 0 Å². The minimum atomic E-state index is -0.367. The topological polar surface area (TPSA) is 60.5 Å². The number of aryl methyl sites for hydroxylation is 2. The zero-order valence-corrected chi connectivity index (χ0v) is 15.3. The molecule has 1 aromatic heterocycles. The molecule has 0 spiro atoms. The number of amides is 1. The number of hydrogen-bond acceptors (Lipinski definition) is 3. The van der Waals surface area contributed by atoms with Crippen LogP contribution in [0, 0.1) is 20.8 Å². The largest absolute Gasteiger partial charge is 0.379 e. The van der Waals surface area contributed by atoms with E-state index < -0.39 is 0 Å². The average Bonchev–Trinajstić information content (AvgIpc) is 2.91. The third-order valence-electron chi connectivity index (χ3n) is 5.03. The van der Waals surface area contributed by atoms with Crippen LogP contribution < -0.4 is 5.73 Å². The lowest BCUT2D eigenvalue weighted by molar-refractivity contribution is 0.0364. The van der Waals surface area contributed by atoms with E-state index in [-0.39, 0.29) is 5.91 Å². The van der Waals surface area contributed by atoms with Gasteiger partial charge in [-0.15, -0.1) is 0 Å². The van der Waals surface area contributed by atoms with E-state index in [1.54, 1.807) is 0 Å². The number of aromatic nitrogens is 1. The number of nitrogens with zero attached hydrogens (tertiary/aromatic N) is 2. The van der Waals surface area contributed by atoms with Crippen molar-refractivity contribution in [3.05, 3.63) is 46.6 Å². The standard InChI is InChI=1S/C20H27N3O2/c1-14-4-5-17(15(2)12-14)19-13-18(20(21)24)16(3)23(19)7-6-22-8-10-25-11-9-22/h4-5,12-13H,6-11H2,1-3H3,(H2,21,24). The van der Waals surface area contributed by atoms with Gasteiger partial charge in [-0.05, 0) is 32.4 Å². The summed E-state index contributed by atoms with van der Waals surface area (Å²) in [6.07, 6.45) is 0. The van der Waals surface area contributed by atoms with E-state index in [1.165, 1.54) is 11.1 Å². The third kappa shape index (κ3) is 3.78. The van der Waals surface area contributed by atoms with E-state index in [0.29, 0.717) is 5.56 Å². The van der Waals surface area contributed by atoms with Gasteiger partial charge in [-0.25, -0.2) is 0 Å². The Hall–Kier alpha value is -2.11. The van der Waals surface area contributed by atoms with Crippen LogP contribution in [0.15, 0.2) is 24.3 Å². The first kappa shape index (κ1) is 17.7. The zero-order chi connectivity index (χ0) is 18.0. The van der Waals surface area contributed by atoms with E-state index in [1.807, 2.05) is 13.0 Å². The fourth-order valence-corrected chi connectivity index (χ4v) is 3.57. The summed E-state index contributed by atoms with van der Waals surface area (Å²) in [7, 11) is 0. The van der Waals surface area contributed by atoms with Crippen molar-refractivity contribution < 1.29 is 9.53 Å². The van der Waals surface area contributed by atoms with Crippen molar-refractivity contribution in [1.29, 1.82) is 0 Å². The number of ether oxygens (including phenoxy) is 1. The van der Waals surface area contributed by atoms with Crippen LogP contribution >= 0.6 is 0 Å². The number of nitrogens with two attached hydrogens (primary N) is 1. The molecule has 0 atom stereocenters. The van der Waals surface area contributed by atoms with Crippen LogP contribution in [0.5, 0.6) is 0 Å². The molecule has 1 amide bonds. The van der Waals surface area contributed by atoms with Crippen molar-refractivity contribution >= 4 is 5.91 Å². The summed E-state index contributed by atoms with van der Waals surface area (Å²) in [4.78, 5) is 14.2. The van der Waals surface area contributed by atoms with Crippen molar-refractivity contribution in [2.45, 2.75) is 27.3 Å². The molecule has 1 saturated heterocycles. The molecule has 0 saturated carbocycles. The Balaban J connectivity index is 1.95. The number of carbonyl (C=O) groups is 1. The van der Waals surface area contributed by atoms with Crippen LogP contribution in [0.3, 0.4) is 0 Å². The first-order chi connectivity index (χ1) is 12.0. The second-order valence-corrected chi connectivity index (χ2v) is 6.82. The summed E-state index contributed by atoms with van der Waals surface area (Å²) in [5, 5.41) is 0. The molecule has 134 valence electrons. The van der Waals surface area contributed by atoms with E-state index in [0.717, 1.165) is 56.3 Å². The average molecular weight is 341 g/mol. The fourth-order valence-electron chi connectivity index (χ4n) is 3.57. The number of morpholine rings is 1. The fraction of sp³-hybridized carbons (Fsp3) is 0.450. The van der Waals surface area contributed by atoms with Crippen LogP contribution in [-0.2, 0) is 11.3 Å². The molecular formula is C20H27N3O2. The van der Waals surface area contributed by atoms with Gasteiger partial charge in [0.1, 0.15) is 0 Å². The molecular weight excluding hydrogens is 314 g/mol. The summed E-state index contributed by atoms with van der Waals surface area (Å²) in [6.45, 7) is 11.5. The maximum Gasteiger partial charge on any atom is 0.250 e. The van der Waals surface area contributed by atoms with Gasteiger partial charge in [0, 0.05) is 43.1 Å². The number of rotatable bonds is 5. The molecule has 1 aromatic carbocycles. The lowest BCUT2D eigenvalue weighted by Crippen LogP contribution is -2.38. The predicted octanol–water partition coefficient (Wildman–Crippen LogP) is 2.51. The van der Waals surface area contributed by atoms with Gasteiger partial charge in [0.25, 0.3) is 5.91 Å². The molecule has 3 rings (SSSR count). The molecule has 2 N–H and O–H groups in total. The summed E-state index contributed by atoms with van der Waals surface area (Å²) >= 11 is 0. The molecule has 1 aliphatic heterocycles. The van der Waals surface area contributed by atoms with Gasteiger partial charge in [-0.3, -0.25) is 9.69 Å². The highest BCUT2D eigenvalue weighted by molar-refractivity contribution is 5.95. The first-order valence-electron chi connectivity index (χ1n) is 8.85. The molecule has 5 nitrogen and oxygen atoms in total. The molecule has 25 heavy (non-hydrogen) atoms. The Labute approximate surface area is 149 Å². The smallest absolute Gasteiger partial charge is 0.250 e. The number of benzene rings is 1. The van der Waals surface area contributed by atoms with E-state index in [2.05, 4.69) is 41.5 Å². The summed E-state index contributed by atoms with van der Waals surface area (Å²) in [6, 6.07) is 8.36. The van der Waals surface area contributed by atoms with Gasteiger partial charge in [-0.1, -0.05) is 23.8 Å². The van der Waals surface area contributed by atoms with Crippen LogP contribution in [0.4, 0.5) is 0 Å². The van der Waals surface area contributed by atoms with Crippen molar-refractivity contribution in [2.75, 3.05) is 32.8 Å². The van der Waals surface area contributed by atoms with Crippen molar-refractivity contribution in [3.8, 4) is 11.3 Å². The Bertz CT molecular complexity index is 773. The predicted molar refractivity (Wildman–Crippen MR) is 99.9 cm³/mol. The van der Waals surface area contributed by atoms with Gasteiger partial charge in [0.15, 0.2) is 0 Å². The minimum Gasteiger partial charge on any atom is -0.379 e. The lowest BCUT2D eigenvalue weighted by Gasteiger charge is -2.27. The second-order valence-electron chi connectivity index (χ2n) is 6.82. The van der Waals surface area contributed by atoms with Gasteiger partial charge in [0.2, 0.25) is 0 Å². The maximum absolute atomic E-state index is 11.8. The molecule has 5 heteroatoms. The SMILES string of the molecule is Cc1ccc(-c2cc(C(N)=O)c(C)n2CCN2CCOCC2)c(C)c1. The Morgan fingerprint density at radius 2 is 1.84 bits per heavy atom. The quantitative estimate of drug-likeness (QED) is 0.909. The molecule has 0 unspecified atom stereocenters. The van der Waals surface area contributed by atoms with Crippen LogP contribution in [0.2, 0.25) is 0 Å². The third-order valence-corrected chi connectivity index (χ3v) is 5.03. The minimum absolute atomic E-state index is 0.367. The Kier molecular flexibility index (Phi) is 5.25. The zero-order valence-electron chi connectivity index (χ0n) is 15.3. The van der Waals surface area contributed by atoms with Crippen LogP contribution in [0.1, 0.15) is 27.2 Å². The molecule has 1 fully saturated rings. The highest BCUT2D eigenvalue weighted by Crippen LogP contribution is 2.29. The maximum atomic E-state index is 11.8. The van der Waals surface area contributed by atoms with Crippen molar-refractivity contribution in [1.82, 2.24) is 9.47 Å². The summed E-state index contributed by atoms with van der Waals surface area (Å²) in [5.74, 6) is -0.367. The van der Waals surface area contributed by atoms with Gasteiger partial charge >= 0.3 is 0 Å². The summed E-state index contributed by atoms with van der Waals surface area (Å²) in [5.41, 5.74) is 11.8. The van der Waals surface area contributed by atoms with Gasteiger partial charge in [-0.2, -0.15) is 0 Å². The van der Waals surface area contributed by atoms with Gasteiger partial charge in [0.05, 0.1) is 18.8 Å². The Morgan fingerprint density at radius 3 is 2.48 bits per heavy atom. The first-order valence-corrected chi connectivity index (χ1v) is 8.85. The summed E-state index contributed by atoms with van der Waals surface area (Å²) < 4.78 is 7.65. The van der Waals surface area contributed by atoms with Gasteiger partial charge < -0.3 is 15.0 Å². The van der Waals surface area contributed by atoms with Crippen LogP contribution in [0.25, 0.3) is 11.3 Å². The van der Waals surface area contributed by atoms with E-state index in [4.69, 9.17) is 10.5 Å². The number of carbonyl (C=O) groups excluding carboxylic acids is 1. The highest BCUT2D eigenvalue weighted by atomic mass is 16.5. The molecule has 1 aliphatic rings. The molecule has 2 aromatic rings. The monoisotopic (exact) mass is 341 g/mol. The normalized spacial score (nSPS) is 15.5. The molecule has 0 radical (unpaired) electrons. The number of hydrogen-bond donors (Lipinski definition) is 1. The molecule has 0 aliphatic carbocycles. The van der Waals surface area contributed by atoms with Crippen molar-refractivity contribution in [2.24, 2.45) is 5.73 Å². The second kappa shape index (κ2) is 7.42. The van der Waals surface area contributed by atoms with E-state index in [9.17, 15) is 4.79 Å². The lowest BCUT2D eigenvalue weighted by atomic mass is 10.0.